The van der Waals surface area contributed by atoms with Gasteiger partial charge >= 0.3 is 6.03 Å². The zero-order valence-electron chi connectivity index (χ0n) is 16.2. The number of ether oxygens (including phenoxy) is 1. The standard InChI is InChI=1S/C23H19N3O3S/c1-2-29-18-11-16(10-17(12-24)22(18)27)21-19(15-8-9-30-13-15)20(25-23(28)26-21)14-6-4-3-5-7-14/h3-11,13,21,27H,2H2,1H3,(H2,25,26,28). The van der Waals surface area contributed by atoms with Crippen LogP contribution in [0.4, 0.5) is 4.79 Å². The van der Waals surface area contributed by atoms with Gasteiger partial charge in [0.25, 0.3) is 0 Å². The lowest BCUT2D eigenvalue weighted by atomic mass is 9.88. The zero-order valence-corrected chi connectivity index (χ0v) is 17.0. The second-order valence-corrected chi connectivity index (χ2v) is 7.44. The number of carbonyl (C=O) groups excluding carboxylic acids is 1. The molecule has 0 aliphatic carbocycles. The number of urea groups is 1. The van der Waals surface area contributed by atoms with Crippen LogP contribution in [-0.2, 0) is 0 Å². The van der Waals surface area contributed by atoms with Crippen molar-refractivity contribution in [3.8, 4) is 17.6 Å². The van der Waals surface area contributed by atoms with Crippen LogP contribution in [0.15, 0.2) is 59.3 Å². The topological polar surface area (TPSA) is 94.4 Å². The number of aromatic hydroxyl groups is 1. The number of benzene rings is 2. The molecule has 1 aliphatic rings. The SMILES string of the molecule is CCOc1cc(C2NC(=O)NC(c3ccccc3)=C2c2ccsc2)cc(C#N)c1O. The highest BCUT2D eigenvalue weighted by Crippen LogP contribution is 2.42. The maximum absolute atomic E-state index is 12.6. The molecule has 30 heavy (non-hydrogen) atoms. The fourth-order valence-electron chi connectivity index (χ4n) is 3.52. The van der Waals surface area contributed by atoms with Crippen molar-refractivity contribution < 1.29 is 14.6 Å². The van der Waals surface area contributed by atoms with Crippen molar-refractivity contribution in [2.75, 3.05) is 6.61 Å². The first-order chi connectivity index (χ1) is 14.6. The van der Waals surface area contributed by atoms with Gasteiger partial charge in [-0.15, -0.1) is 0 Å². The quantitative estimate of drug-likeness (QED) is 0.563. The monoisotopic (exact) mass is 417 g/mol. The lowest BCUT2D eigenvalue weighted by Crippen LogP contribution is -2.42. The molecular formula is C23H19N3O3S. The van der Waals surface area contributed by atoms with Gasteiger partial charge in [0, 0.05) is 5.57 Å². The number of nitrogens with one attached hydrogen (secondary N) is 2. The summed E-state index contributed by atoms with van der Waals surface area (Å²) in [5.74, 6) is 0.0120. The van der Waals surface area contributed by atoms with Crippen LogP contribution in [0.5, 0.6) is 11.5 Å². The molecule has 0 spiro atoms. The van der Waals surface area contributed by atoms with Crippen molar-refractivity contribution in [3.63, 3.8) is 0 Å². The van der Waals surface area contributed by atoms with Crippen molar-refractivity contribution in [1.29, 1.82) is 5.26 Å². The number of amides is 2. The van der Waals surface area contributed by atoms with E-state index in [1.54, 1.807) is 30.4 Å². The number of thiophene rings is 1. The van der Waals surface area contributed by atoms with Gasteiger partial charge in [0.1, 0.15) is 6.07 Å². The van der Waals surface area contributed by atoms with Gasteiger partial charge in [-0.2, -0.15) is 16.6 Å². The van der Waals surface area contributed by atoms with E-state index in [0.29, 0.717) is 17.9 Å². The molecule has 1 aromatic heterocycles. The molecule has 2 amide bonds. The third-order valence-electron chi connectivity index (χ3n) is 4.82. The molecule has 2 heterocycles. The molecule has 0 bridgehead atoms. The first kappa shape index (κ1) is 19.6. The van der Waals surface area contributed by atoms with Crippen LogP contribution in [0, 0.1) is 11.3 Å². The Morgan fingerprint density at radius 2 is 2.00 bits per heavy atom. The van der Waals surface area contributed by atoms with E-state index in [1.807, 2.05) is 53.2 Å². The van der Waals surface area contributed by atoms with E-state index in [9.17, 15) is 15.2 Å². The Bertz CT molecular complexity index is 1150. The Balaban J connectivity index is 1.95. The summed E-state index contributed by atoms with van der Waals surface area (Å²) in [4.78, 5) is 12.6. The molecule has 1 unspecified atom stereocenters. The largest absolute Gasteiger partial charge is 0.503 e. The van der Waals surface area contributed by atoms with E-state index in [4.69, 9.17) is 4.74 Å². The highest BCUT2D eigenvalue weighted by atomic mass is 32.1. The van der Waals surface area contributed by atoms with Crippen LogP contribution in [0.1, 0.15) is 35.2 Å². The molecule has 3 N–H and O–H groups in total. The van der Waals surface area contributed by atoms with Gasteiger partial charge in [-0.3, -0.25) is 0 Å². The van der Waals surface area contributed by atoms with Crippen LogP contribution in [0.3, 0.4) is 0 Å². The number of rotatable bonds is 5. The van der Waals surface area contributed by atoms with Gasteiger partial charge in [0.05, 0.1) is 23.9 Å². The van der Waals surface area contributed by atoms with E-state index in [1.165, 1.54) is 0 Å². The Hall–Kier alpha value is -3.76. The molecule has 1 aliphatic heterocycles. The first-order valence-electron chi connectivity index (χ1n) is 9.41. The third kappa shape index (κ3) is 3.61. The Morgan fingerprint density at radius 1 is 1.20 bits per heavy atom. The summed E-state index contributed by atoms with van der Waals surface area (Å²) in [5.41, 5.74) is 4.15. The van der Waals surface area contributed by atoms with E-state index in [0.717, 1.165) is 16.7 Å². The van der Waals surface area contributed by atoms with Crippen LogP contribution in [0.2, 0.25) is 0 Å². The molecule has 0 fully saturated rings. The normalized spacial score (nSPS) is 15.9. The number of hydrogen-bond donors (Lipinski definition) is 3. The summed E-state index contributed by atoms with van der Waals surface area (Å²) in [7, 11) is 0. The van der Waals surface area contributed by atoms with Gasteiger partial charge in [-0.1, -0.05) is 30.3 Å². The Morgan fingerprint density at radius 3 is 2.67 bits per heavy atom. The summed E-state index contributed by atoms with van der Waals surface area (Å²) in [6.45, 7) is 2.14. The number of nitrogens with zero attached hydrogens (tertiary/aromatic N) is 1. The highest BCUT2D eigenvalue weighted by Gasteiger charge is 2.31. The fourth-order valence-corrected chi connectivity index (χ4v) is 4.18. The van der Waals surface area contributed by atoms with Gasteiger partial charge in [0.2, 0.25) is 0 Å². The molecule has 3 aromatic rings. The molecular weight excluding hydrogens is 398 g/mol. The van der Waals surface area contributed by atoms with Crippen LogP contribution < -0.4 is 15.4 Å². The van der Waals surface area contributed by atoms with E-state index in [-0.39, 0.29) is 23.1 Å². The van der Waals surface area contributed by atoms with Gasteiger partial charge < -0.3 is 20.5 Å². The Labute approximate surface area is 178 Å². The molecule has 1 atom stereocenters. The van der Waals surface area contributed by atoms with Gasteiger partial charge in [0.15, 0.2) is 11.5 Å². The smallest absolute Gasteiger partial charge is 0.320 e. The number of phenols is 1. The summed E-state index contributed by atoms with van der Waals surface area (Å²) < 4.78 is 5.53. The summed E-state index contributed by atoms with van der Waals surface area (Å²) >= 11 is 1.56. The summed E-state index contributed by atoms with van der Waals surface area (Å²) in [6, 6.07) is 16.0. The van der Waals surface area contributed by atoms with Crippen molar-refractivity contribution >= 4 is 28.6 Å². The van der Waals surface area contributed by atoms with Crippen molar-refractivity contribution in [3.05, 3.63) is 81.5 Å². The molecule has 4 rings (SSSR count). The van der Waals surface area contributed by atoms with Gasteiger partial charge in [-0.25, -0.2) is 4.79 Å². The van der Waals surface area contributed by atoms with Crippen molar-refractivity contribution in [2.24, 2.45) is 0 Å². The molecule has 150 valence electrons. The highest BCUT2D eigenvalue weighted by molar-refractivity contribution is 7.08. The molecule has 0 saturated carbocycles. The number of phenolic OH excluding ortho intramolecular Hbond substituents is 1. The van der Waals surface area contributed by atoms with Crippen LogP contribution >= 0.6 is 11.3 Å². The minimum absolute atomic E-state index is 0.0923. The minimum atomic E-state index is -0.532. The number of nitriles is 1. The van der Waals surface area contributed by atoms with Gasteiger partial charge in [-0.05, 0) is 52.6 Å². The average molecular weight is 417 g/mol. The minimum Gasteiger partial charge on any atom is -0.503 e. The molecule has 2 aromatic carbocycles. The molecule has 7 heteroatoms. The average Bonchev–Trinajstić information content (AvgIpc) is 3.30. The first-order valence-corrected chi connectivity index (χ1v) is 10.4. The predicted molar refractivity (Wildman–Crippen MR) is 116 cm³/mol. The fraction of sp³-hybridized carbons (Fsp3) is 0.130. The maximum Gasteiger partial charge on any atom is 0.320 e. The van der Waals surface area contributed by atoms with Crippen molar-refractivity contribution in [1.82, 2.24) is 10.6 Å². The van der Waals surface area contributed by atoms with E-state index in [2.05, 4.69) is 10.6 Å². The lowest BCUT2D eigenvalue weighted by molar-refractivity contribution is 0.242. The second kappa shape index (κ2) is 8.31. The molecule has 0 radical (unpaired) electrons. The third-order valence-corrected chi connectivity index (χ3v) is 5.50. The molecule has 0 saturated heterocycles. The number of hydrogen-bond acceptors (Lipinski definition) is 5. The van der Waals surface area contributed by atoms with Crippen LogP contribution in [-0.4, -0.2) is 17.7 Å². The predicted octanol–water partition coefficient (Wildman–Crippen LogP) is 4.65. The van der Waals surface area contributed by atoms with E-state index >= 15 is 0 Å². The lowest BCUT2D eigenvalue weighted by Gasteiger charge is -2.31. The maximum atomic E-state index is 12.6. The summed E-state index contributed by atoms with van der Waals surface area (Å²) in [5, 5.41) is 29.7. The summed E-state index contributed by atoms with van der Waals surface area (Å²) in [6.07, 6.45) is 0. The van der Waals surface area contributed by atoms with Crippen LogP contribution in [0.25, 0.3) is 11.3 Å². The van der Waals surface area contributed by atoms with Crippen molar-refractivity contribution in [2.45, 2.75) is 13.0 Å². The second-order valence-electron chi connectivity index (χ2n) is 6.66. The molecule has 6 nitrogen and oxygen atoms in total. The zero-order chi connectivity index (χ0) is 21.1. The Kier molecular flexibility index (Phi) is 5.42. The number of carbonyl (C=O) groups is 1. The van der Waals surface area contributed by atoms with E-state index < -0.39 is 6.04 Å².